The fourth-order valence-electron chi connectivity index (χ4n) is 6.14. The van der Waals surface area contributed by atoms with Crippen LogP contribution in [0, 0.1) is 35.5 Å². The minimum atomic E-state index is -1.44. The fourth-order valence-corrected chi connectivity index (χ4v) is 6.14. The summed E-state index contributed by atoms with van der Waals surface area (Å²) in [4.78, 5) is 0. The molecule has 14 heavy (non-hydrogen) atoms. The van der Waals surface area contributed by atoms with Gasteiger partial charge in [0.15, 0.2) is 0 Å². The van der Waals surface area contributed by atoms with E-state index in [2.05, 4.69) is 0 Å². The third kappa shape index (κ3) is 0.250. The van der Waals surface area contributed by atoms with Crippen molar-refractivity contribution in [3.05, 3.63) is 0 Å². The molecule has 0 spiro atoms. The molecule has 0 amide bonds. The molecule has 0 aromatic rings. The molecule has 0 bridgehead atoms. The Morgan fingerprint density at radius 3 is 1.14 bits per heavy atom. The largest absolute Gasteiger partial charge is 0.115 e. The van der Waals surface area contributed by atoms with Gasteiger partial charge in [0.1, 0.15) is 11.1 Å². The smallest absolute Gasteiger partial charge is 0.101 e. The molecule has 0 saturated heterocycles. The second-order valence-corrected chi connectivity index (χ2v) is 5.37. The maximum atomic E-state index is 12.7. The standard InChI is InChI=1S/C8H6F4N2/c9-13(10)7-3-1-2-5(3)8(7,14(11)12)6(2)4(1)7/h1-6H. The van der Waals surface area contributed by atoms with Crippen molar-refractivity contribution in [2.24, 2.45) is 35.5 Å². The lowest BCUT2D eigenvalue weighted by Gasteiger charge is -3.09. The maximum absolute atomic E-state index is 12.7. The van der Waals surface area contributed by atoms with E-state index < -0.39 is 21.8 Å². The third-order valence-electron chi connectivity index (χ3n) is 6.11. The molecule has 0 aliphatic heterocycles. The molecule has 6 fully saturated rings. The molecule has 4 atom stereocenters. The van der Waals surface area contributed by atoms with Crippen LogP contribution in [-0.2, 0) is 0 Å². The normalized spacial score (nSPS) is 78.4. The molecule has 0 radical (unpaired) electrons. The van der Waals surface area contributed by atoms with Crippen molar-refractivity contribution in [1.29, 1.82) is 0 Å². The highest BCUT2D eigenvalue weighted by Gasteiger charge is 3.15. The first-order valence-corrected chi connectivity index (χ1v) is 4.86. The van der Waals surface area contributed by atoms with E-state index in [4.69, 9.17) is 0 Å². The predicted molar refractivity (Wildman–Crippen MR) is 34.5 cm³/mol. The van der Waals surface area contributed by atoms with Crippen molar-refractivity contribution in [2.75, 3.05) is 0 Å². The zero-order valence-electron chi connectivity index (χ0n) is 6.87. The van der Waals surface area contributed by atoms with Gasteiger partial charge < -0.3 is 0 Å². The van der Waals surface area contributed by atoms with Gasteiger partial charge in [0.25, 0.3) is 0 Å². The summed E-state index contributed by atoms with van der Waals surface area (Å²) < 4.78 is 50.9. The zero-order valence-corrected chi connectivity index (χ0v) is 6.87. The number of hydrogen-bond acceptors (Lipinski definition) is 2. The van der Waals surface area contributed by atoms with Gasteiger partial charge >= 0.3 is 0 Å². The molecule has 0 aromatic heterocycles. The van der Waals surface area contributed by atoms with E-state index in [0.717, 1.165) is 0 Å². The summed E-state index contributed by atoms with van der Waals surface area (Å²) in [5.74, 6) is 0.276. The van der Waals surface area contributed by atoms with Crippen LogP contribution in [0.25, 0.3) is 0 Å². The van der Waals surface area contributed by atoms with E-state index in [1.54, 1.807) is 0 Å². The third-order valence-corrected chi connectivity index (χ3v) is 6.11. The number of rotatable bonds is 2. The molecule has 6 heteroatoms. The first-order chi connectivity index (χ1) is 6.62. The Morgan fingerprint density at radius 2 is 0.929 bits per heavy atom. The van der Waals surface area contributed by atoms with Gasteiger partial charge in [0.05, 0.1) is 0 Å². The molecule has 2 nitrogen and oxygen atoms in total. The van der Waals surface area contributed by atoms with Gasteiger partial charge in [-0.25, -0.2) is 0 Å². The van der Waals surface area contributed by atoms with Crippen LogP contribution < -0.4 is 0 Å². The van der Waals surface area contributed by atoms with E-state index in [1.807, 2.05) is 0 Å². The molecule has 4 unspecified atom stereocenters. The summed E-state index contributed by atoms with van der Waals surface area (Å²) in [5, 5.41) is -1.82. The lowest BCUT2D eigenvalue weighted by Crippen LogP contribution is -3.19. The van der Waals surface area contributed by atoms with Gasteiger partial charge in [-0.05, 0) is 35.5 Å². The second kappa shape index (κ2) is 1.35. The van der Waals surface area contributed by atoms with Crippen LogP contribution >= 0.6 is 0 Å². The van der Waals surface area contributed by atoms with Crippen molar-refractivity contribution in [3.8, 4) is 0 Å². The zero-order chi connectivity index (χ0) is 9.62. The van der Waals surface area contributed by atoms with Crippen LogP contribution in [0.4, 0.5) is 17.9 Å². The summed E-state index contributed by atoms with van der Waals surface area (Å²) in [6.07, 6.45) is 0. The highest BCUT2D eigenvalue weighted by molar-refractivity contribution is 5.62. The van der Waals surface area contributed by atoms with Gasteiger partial charge in [0.2, 0.25) is 0 Å². The minimum Gasteiger partial charge on any atom is -0.101 e. The molecule has 0 heterocycles. The van der Waals surface area contributed by atoms with Crippen molar-refractivity contribution in [2.45, 2.75) is 11.1 Å². The summed E-state index contributed by atoms with van der Waals surface area (Å²) in [6, 6.07) is 0. The van der Waals surface area contributed by atoms with Crippen LogP contribution in [0.1, 0.15) is 0 Å². The Labute approximate surface area is 76.2 Å². The van der Waals surface area contributed by atoms with Gasteiger partial charge in [0, 0.05) is 10.7 Å². The molecule has 0 aromatic carbocycles. The number of hydrogen-bond donors (Lipinski definition) is 0. The summed E-state index contributed by atoms with van der Waals surface area (Å²) in [5.41, 5.74) is -2.88. The Morgan fingerprint density at radius 1 is 0.643 bits per heavy atom. The van der Waals surface area contributed by atoms with E-state index in [9.17, 15) is 17.9 Å². The van der Waals surface area contributed by atoms with E-state index in [0.29, 0.717) is 11.8 Å². The van der Waals surface area contributed by atoms with E-state index in [-0.39, 0.29) is 23.7 Å². The van der Waals surface area contributed by atoms with Gasteiger partial charge in [-0.15, -0.1) is 17.9 Å². The Hall–Kier alpha value is -0.360. The van der Waals surface area contributed by atoms with Crippen LogP contribution in [0.15, 0.2) is 0 Å². The van der Waals surface area contributed by atoms with Crippen LogP contribution in [-0.4, -0.2) is 21.8 Å². The van der Waals surface area contributed by atoms with Crippen molar-refractivity contribution in [1.82, 2.24) is 10.7 Å². The Balaban J connectivity index is 1.70. The van der Waals surface area contributed by atoms with Gasteiger partial charge in [-0.1, -0.05) is 0 Å². The quantitative estimate of drug-likeness (QED) is 0.497. The molecule has 76 valence electrons. The summed E-state index contributed by atoms with van der Waals surface area (Å²) in [6.45, 7) is 0. The topological polar surface area (TPSA) is 6.48 Å². The summed E-state index contributed by atoms with van der Waals surface area (Å²) >= 11 is 0. The first-order valence-electron chi connectivity index (χ1n) is 4.86. The maximum Gasteiger partial charge on any atom is 0.115 e. The molecule has 6 rings (SSSR count). The lowest BCUT2D eigenvalue weighted by atomic mass is 8.96. The average molecular weight is 206 g/mol. The SMILES string of the molecule is FN(F)C12C3C4C5C3C1(N(F)F)C5C42. The van der Waals surface area contributed by atoms with E-state index in [1.165, 1.54) is 0 Å². The van der Waals surface area contributed by atoms with Crippen LogP contribution in [0.3, 0.4) is 0 Å². The molecule has 0 N–H and O–H groups in total. The van der Waals surface area contributed by atoms with Crippen LogP contribution in [0.2, 0.25) is 0 Å². The molecular weight excluding hydrogens is 200 g/mol. The number of nitrogens with zero attached hydrogens (tertiary/aromatic N) is 2. The van der Waals surface area contributed by atoms with Crippen molar-refractivity contribution < 1.29 is 17.9 Å². The highest BCUT2D eigenvalue weighted by atomic mass is 19.4. The van der Waals surface area contributed by atoms with Crippen LogP contribution in [0.5, 0.6) is 0 Å². The predicted octanol–water partition coefficient (Wildman–Crippen LogP) is 1.37. The van der Waals surface area contributed by atoms with E-state index >= 15 is 0 Å². The average Bonchev–Trinajstić information content (AvgIpc) is 2.16. The monoisotopic (exact) mass is 206 g/mol. The number of halogens is 4. The van der Waals surface area contributed by atoms with Crippen molar-refractivity contribution in [3.63, 3.8) is 0 Å². The van der Waals surface area contributed by atoms with Gasteiger partial charge in [-0.3, -0.25) is 0 Å². The molecule has 6 aliphatic rings. The minimum absolute atomic E-state index is 0.119. The lowest BCUT2D eigenvalue weighted by molar-refractivity contribution is -0.682. The second-order valence-electron chi connectivity index (χ2n) is 5.37. The first kappa shape index (κ1) is 7.00. The van der Waals surface area contributed by atoms with Gasteiger partial charge in [-0.2, -0.15) is 0 Å². The summed E-state index contributed by atoms with van der Waals surface area (Å²) in [7, 11) is 0. The Bertz CT molecular complexity index is 328. The highest BCUT2D eigenvalue weighted by Crippen LogP contribution is 3.05. The van der Waals surface area contributed by atoms with Crippen molar-refractivity contribution >= 4 is 0 Å². The molecule has 6 saturated carbocycles. The Kier molecular flexibility index (Phi) is 0.674. The molecular formula is C8H6F4N2. The fraction of sp³-hybridized carbons (Fsp3) is 1.00. The molecule has 6 aliphatic carbocycles.